The van der Waals surface area contributed by atoms with Gasteiger partial charge in [-0.1, -0.05) is 57.9 Å². The summed E-state index contributed by atoms with van der Waals surface area (Å²) in [6, 6.07) is 19.3. The molecule has 10 heteroatoms. The summed E-state index contributed by atoms with van der Waals surface area (Å²) in [5, 5.41) is 3.37. The number of hydrogen-bond donors (Lipinski definition) is 1. The van der Waals surface area contributed by atoms with E-state index in [0.29, 0.717) is 16.3 Å². The number of rotatable bonds is 9. The van der Waals surface area contributed by atoms with Crippen LogP contribution in [0.15, 0.2) is 82.2 Å². The Labute approximate surface area is 244 Å². The van der Waals surface area contributed by atoms with E-state index in [2.05, 4.69) is 21.2 Å². The third-order valence-corrected chi connectivity index (χ3v) is 8.45. The number of sulfonamides is 1. The lowest BCUT2D eigenvalue weighted by atomic mass is 10.1. The molecule has 0 bridgehead atoms. The maximum absolute atomic E-state index is 14.0. The van der Waals surface area contributed by atoms with Crippen LogP contribution in [-0.2, 0) is 26.2 Å². The van der Waals surface area contributed by atoms with Crippen LogP contribution in [0, 0.1) is 6.92 Å². The summed E-state index contributed by atoms with van der Waals surface area (Å²) in [6.45, 7) is 8.54. The Morgan fingerprint density at radius 1 is 1.00 bits per heavy atom. The molecular formula is C29H33BrClN3O4S. The van der Waals surface area contributed by atoms with Gasteiger partial charge in [-0.3, -0.25) is 13.9 Å². The third kappa shape index (κ3) is 8.06. The molecule has 0 spiro atoms. The molecule has 208 valence electrons. The first kappa shape index (κ1) is 30.7. The van der Waals surface area contributed by atoms with Gasteiger partial charge >= 0.3 is 0 Å². The van der Waals surface area contributed by atoms with Gasteiger partial charge in [0, 0.05) is 21.6 Å². The average Bonchev–Trinajstić information content (AvgIpc) is 2.85. The number of aryl methyl sites for hydroxylation is 1. The fraction of sp³-hybridized carbons (Fsp3) is 0.310. The number of nitrogens with zero attached hydrogens (tertiary/aromatic N) is 2. The molecule has 2 amide bonds. The van der Waals surface area contributed by atoms with Crippen LogP contribution in [0.2, 0.25) is 5.02 Å². The van der Waals surface area contributed by atoms with Crippen molar-refractivity contribution in [3.63, 3.8) is 0 Å². The van der Waals surface area contributed by atoms with Crippen molar-refractivity contribution in [2.45, 2.75) is 57.6 Å². The molecule has 0 aromatic heterocycles. The van der Waals surface area contributed by atoms with Gasteiger partial charge in [-0.25, -0.2) is 8.42 Å². The highest BCUT2D eigenvalue weighted by atomic mass is 79.9. The minimum atomic E-state index is -4.14. The van der Waals surface area contributed by atoms with Crippen molar-refractivity contribution in [1.29, 1.82) is 0 Å². The van der Waals surface area contributed by atoms with Crippen LogP contribution in [0.4, 0.5) is 5.69 Å². The SMILES string of the molecule is Cc1cc(Cl)ccc1N(CC(=O)N(Cc1cccc(Br)c1)C(C)C(=O)NC(C)(C)C)S(=O)(=O)c1ccccc1. The van der Waals surface area contributed by atoms with E-state index in [1.54, 1.807) is 50.2 Å². The van der Waals surface area contributed by atoms with Gasteiger partial charge in [-0.05, 0) is 88.2 Å². The molecule has 0 saturated heterocycles. The molecule has 0 aliphatic heterocycles. The fourth-order valence-electron chi connectivity index (χ4n) is 4.02. The van der Waals surface area contributed by atoms with E-state index < -0.39 is 34.1 Å². The van der Waals surface area contributed by atoms with Gasteiger partial charge < -0.3 is 10.2 Å². The Kier molecular flexibility index (Phi) is 9.85. The van der Waals surface area contributed by atoms with Crippen molar-refractivity contribution >= 4 is 55.1 Å². The zero-order chi connectivity index (χ0) is 29.0. The van der Waals surface area contributed by atoms with Crippen LogP contribution in [0.5, 0.6) is 0 Å². The lowest BCUT2D eigenvalue weighted by Crippen LogP contribution is -2.54. The van der Waals surface area contributed by atoms with Gasteiger partial charge in [0.05, 0.1) is 10.6 Å². The predicted octanol–water partition coefficient (Wildman–Crippen LogP) is 5.94. The first-order chi connectivity index (χ1) is 18.2. The molecule has 7 nitrogen and oxygen atoms in total. The van der Waals surface area contributed by atoms with Crippen molar-refractivity contribution in [1.82, 2.24) is 10.2 Å². The number of carbonyl (C=O) groups is 2. The highest BCUT2D eigenvalue weighted by Gasteiger charge is 2.33. The van der Waals surface area contributed by atoms with Crippen LogP contribution in [0.1, 0.15) is 38.8 Å². The molecule has 1 N–H and O–H groups in total. The topological polar surface area (TPSA) is 86.8 Å². The van der Waals surface area contributed by atoms with Crippen LogP contribution < -0.4 is 9.62 Å². The fourth-order valence-corrected chi connectivity index (χ4v) is 6.19. The first-order valence-corrected chi connectivity index (χ1v) is 15.0. The predicted molar refractivity (Wildman–Crippen MR) is 159 cm³/mol. The normalized spacial score (nSPS) is 12.5. The largest absolute Gasteiger partial charge is 0.350 e. The number of benzene rings is 3. The van der Waals surface area contributed by atoms with Crippen molar-refractivity contribution in [2.24, 2.45) is 0 Å². The lowest BCUT2D eigenvalue weighted by Gasteiger charge is -2.34. The minimum absolute atomic E-state index is 0.0456. The molecule has 0 heterocycles. The summed E-state index contributed by atoms with van der Waals surface area (Å²) < 4.78 is 29.6. The zero-order valence-corrected chi connectivity index (χ0v) is 25.8. The van der Waals surface area contributed by atoms with E-state index in [9.17, 15) is 18.0 Å². The van der Waals surface area contributed by atoms with Crippen LogP contribution >= 0.6 is 27.5 Å². The second-order valence-electron chi connectivity index (χ2n) is 10.3. The monoisotopic (exact) mass is 633 g/mol. The van der Waals surface area contributed by atoms with E-state index in [-0.39, 0.29) is 17.3 Å². The van der Waals surface area contributed by atoms with Crippen LogP contribution in [-0.4, -0.2) is 43.3 Å². The second-order valence-corrected chi connectivity index (χ2v) is 13.5. The Morgan fingerprint density at radius 3 is 2.26 bits per heavy atom. The minimum Gasteiger partial charge on any atom is -0.350 e. The van der Waals surface area contributed by atoms with Crippen molar-refractivity contribution in [3.05, 3.63) is 93.4 Å². The molecule has 0 saturated carbocycles. The van der Waals surface area contributed by atoms with Crippen LogP contribution in [0.3, 0.4) is 0 Å². The summed E-state index contributed by atoms with van der Waals surface area (Å²) in [4.78, 5) is 28.6. The summed E-state index contributed by atoms with van der Waals surface area (Å²) in [7, 11) is -4.14. The molecule has 0 fully saturated rings. The molecule has 1 atom stereocenters. The molecule has 0 aliphatic rings. The number of hydrogen-bond acceptors (Lipinski definition) is 4. The molecule has 0 aliphatic carbocycles. The highest BCUT2D eigenvalue weighted by molar-refractivity contribution is 9.10. The average molecular weight is 635 g/mol. The zero-order valence-electron chi connectivity index (χ0n) is 22.6. The second kappa shape index (κ2) is 12.5. The van der Waals surface area contributed by atoms with E-state index in [0.717, 1.165) is 14.3 Å². The van der Waals surface area contributed by atoms with Gasteiger partial charge in [0.1, 0.15) is 12.6 Å². The summed E-state index contributed by atoms with van der Waals surface area (Å²) >= 11 is 9.60. The quantitative estimate of drug-likeness (QED) is 0.316. The molecule has 39 heavy (non-hydrogen) atoms. The van der Waals surface area contributed by atoms with E-state index in [1.807, 2.05) is 45.0 Å². The van der Waals surface area contributed by atoms with Gasteiger partial charge in [-0.15, -0.1) is 0 Å². The van der Waals surface area contributed by atoms with E-state index in [1.165, 1.54) is 17.0 Å². The van der Waals surface area contributed by atoms with Gasteiger partial charge in [0.2, 0.25) is 11.8 Å². The Balaban J connectivity index is 2.06. The highest BCUT2D eigenvalue weighted by Crippen LogP contribution is 2.29. The maximum Gasteiger partial charge on any atom is 0.264 e. The molecule has 3 rings (SSSR count). The molecule has 0 radical (unpaired) electrons. The number of anilines is 1. The van der Waals surface area contributed by atoms with Gasteiger partial charge in [-0.2, -0.15) is 0 Å². The molecule has 1 unspecified atom stereocenters. The molecule has 3 aromatic carbocycles. The molecule has 3 aromatic rings. The summed E-state index contributed by atoms with van der Waals surface area (Å²) in [5.41, 5.74) is 1.19. The van der Waals surface area contributed by atoms with Gasteiger partial charge in [0.25, 0.3) is 10.0 Å². The third-order valence-electron chi connectivity index (χ3n) is 5.95. The number of halogens is 2. The first-order valence-electron chi connectivity index (χ1n) is 12.4. The maximum atomic E-state index is 14.0. The van der Waals surface area contributed by atoms with Gasteiger partial charge in [0.15, 0.2) is 0 Å². The standard InChI is InChI=1S/C29H33BrClN3O4S/c1-20-16-24(31)14-15-26(20)34(39(37,38)25-12-7-6-8-13-25)19-27(35)33(18-22-10-9-11-23(30)17-22)21(2)28(36)32-29(3,4)5/h6-17,21H,18-19H2,1-5H3,(H,32,36). The number of nitrogens with one attached hydrogen (secondary N) is 1. The molecular weight excluding hydrogens is 602 g/mol. The Morgan fingerprint density at radius 2 is 1.67 bits per heavy atom. The van der Waals surface area contributed by atoms with Crippen LogP contribution in [0.25, 0.3) is 0 Å². The number of carbonyl (C=O) groups excluding carboxylic acids is 2. The Hall–Kier alpha value is -2.88. The van der Waals surface area contributed by atoms with Crippen molar-refractivity contribution in [3.8, 4) is 0 Å². The van der Waals surface area contributed by atoms with E-state index >= 15 is 0 Å². The van der Waals surface area contributed by atoms with Crippen molar-refractivity contribution < 1.29 is 18.0 Å². The van der Waals surface area contributed by atoms with Crippen molar-refractivity contribution in [2.75, 3.05) is 10.8 Å². The lowest BCUT2D eigenvalue weighted by molar-refractivity contribution is -0.140. The smallest absolute Gasteiger partial charge is 0.264 e. The Bertz CT molecular complexity index is 1440. The number of amides is 2. The van der Waals surface area contributed by atoms with E-state index in [4.69, 9.17) is 11.6 Å². The summed E-state index contributed by atoms with van der Waals surface area (Å²) in [6.07, 6.45) is 0. The summed E-state index contributed by atoms with van der Waals surface area (Å²) in [5.74, 6) is -0.869.